The molecule has 1 fully saturated rings. The number of hydrogen-bond acceptors (Lipinski definition) is 3. The van der Waals surface area contributed by atoms with E-state index in [1.807, 2.05) is 0 Å². The van der Waals surface area contributed by atoms with Crippen LogP contribution in [0.15, 0.2) is 10.8 Å². The van der Waals surface area contributed by atoms with Crippen molar-refractivity contribution in [3.8, 4) is 0 Å². The molecule has 0 aliphatic carbocycles. The van der Waals surface area contributed by atoms with Crippen molar-refractivity contribution in [2.75, 3.05) is 18.0 Å². The molecule has 0 radical (unpaired) electrons. The van der Waals surface area contributed by atoms with E-state index >= 15 is 0 Å². The zero-order valence-corrected chi connectivity index (χ0v) is 10.1. The lowest BCUT2D eigenvalue weighted by atomic mass is 10.1. The Labute approximate surface area is 96.6 Å². The first-order valence-corrected chi connectivity index (χ1v) is 5.87. The van der Waals surface area contributed by atoms with Gasteiger partial charge < -0.3 is 4.90 Å². The van der Waals surface area contributed by atoms with Crippen LogP contribution in [0.4, 0.5) is 5.82 Å². The van der Waals surface area contributed by atoms with Gasteiger partial charge in [0, 0.05) is 13.1 Å². The van der Waals surface area contributed by atoms with Crippen LogP contribution in [-0.4, -0.2) is 23.1 Å². The Balaban J connectivity index is 2.24. The summed E-state index contributed by atoms with van der Waals surface area (Å²) in [5, 5.41) is 0.495. The van der Waals surface area contributed by atoms with Crippen LogP contribution in [-0.2, 0) is 0 Å². The largest absolute Gasteiger partial charge is 0.354 e. The van der Waals surface area contributed by atoms with E-state index in [-0.39, 0.29) is 0 Å². The lowest BCUT2D eigenvalue weighted by Crippen LogP contribution is -2.30. The number of aromatic nitrogens is 2. The number of anilines is 1. The summed E-state index contributed by atoms with van der Waals surface area (Å²) in [6.45, 7) is 2.07. The molecule has 0 amide bonds. The van der Waals surface area contributed by atoms with Gasteiger partial charge in [-0.25, -0.2) is 9.97 Å². The molecule has 5 heteroatoms. The van der Waals surface area contributed by atoms with E-state index in [1.54, 1.807) is 6.20 Å². The van der Waals surface area contributed by atoms with Crippen molar-refractivity contribution in [2.45, 2.75) is 19.3 Å². The molecule has 0 N–H and O–H groups in total. The van der Waals surface area contributed by atoms with Crippen molar-refractivity contribution in [3.05, 3.63) is 16.0 Å². The number of hydrogen-bond donors (Lipinski definition) is 0. The molecular formula is C9H11BrClN3. The summed E-state index contributed by atoms with van der Waals surface area (Å²) in [5.41, 5.74) is 0. The number of nitrogens with zero attached hydrogens (tertiary/aromatic N) is 3. The topological polar surface area (TPSA) is 29.0 Å². The van der Waals surface area contributed by atoms with Crippen molar-refractivity contribution < 1.29 is 0 Å². The van der Waals surface area contributed by atoms with E-state index in [0.29, 0.717) is 5.15 Å². The fraction of sp³-hybridized carbons (Fsp3) is 0.556. The van der Waals surface area contributed by atoms with Crippen molar-refractivity contribution in [3.63, 3.8) is 0 Å². The molecule has 0 unspecified atom stereocenters. The average molecular weight is 277 g/mol. The van der Waals surface area contributed by atoms with Gasteiger partial charge in [-0.3, -0.25) is 0 Å². The normalized spacial score (nSPS) is 17.1. The molecule has 76 valence electrons. The molecule has 1 saturated heterocycles. The molecule has 3 nitrogen and oxygen atoms in total. The Morgan fingerprint density at radius 2 is 2.00 bits per heavy atom. The maximum absolute atomic E-state index is 5.99. The molecule has 1 aliphatic rings. The van der Waals surface area contributed by atoms with E-state index in [2.05, 4.69) is 30.8 Å². The van der Waals surface area contributed by atoms with Gasteiger partial charge in [0.2, 0.25) is 0 Å². The first-order valence-electron chi connectivity index (χ1n) is 4.70. The molecule has 1 aliphatic heterocycles. The third-order valence-electron chi connectivity index (χ3n) is 2.34. The first-order chi connectivity index (χ1) is 6.77. The van der Waals surface area contributed by atoms with Crippen LogP contribution >= 0.6 is 27.5 Å². The Kier molecular flexibility index (Phi) is 3.23. The summed E-state index contributed by atoms with van der Waals surface area (Å²) in [4.78, 5) is 10.6. The SMILES string of the molecule is Clc1ncc(Br)nc1N1CCCCC1. The minimum absolute atomic E-state index is 0.495. The quantitative estimate of drug-likeness (QED) is 0.790. The van der Waals surface area contributed by atoms with Crippen LogP contribution < -0.4 is 4.90 Å². The van der Waals surface area contributed by atoms with E-state index in [0.717, 1.165) is 23.5 Å². The second-order valence-electron chi connectivity index (χ2n) is 3.35. The highest BCUT2D eigenvalue weighted by Crippen LogP contribution is 2.25. The summed E-state index contributed by atoms with van der Waals surface area (Å²) >= 11 is 9.30. The lowest BCUT2D eigenvalue weighted by molar-refractivity contribution is 0.572. The van der Waals surface area contributed by atoms with Crippen molar-refractivity contribution in [1.82, 2.24) is 9.97 Å². The van der Waals surface area contributed by atoms with Gasteiger partial charge in [-0.1, -0.05) is 11.6 Å². The summed E-state index contributed by atoms with van der Waals surface area (Å²) < 4.78 is 0.738. The second-order valence-corrected chi connectivity index (χ2v) is 4.53. The predicted octanol–water partition coefficient (Wildman–Crippen LogP) is 2.88. The molecular weight excluding hydrogens is 265 g/mol. The van der Waals surface area contributed by atoms with Crippen LogP contribution in [0.1, 0.15) is 19.3 Å². The number of halogens is 2. The van der Waals surface area contributed by atoms with Crippen LogP contribution in [0.25, 0.3) is 0 Å². The smallest absolute Gasteiger partial charge is 0.171 e. The van der Waals surface area contributed by atoms with Gasteiger partial charge in [0.1, 0.15) is 4.60 Å². The Hall–Kier alpha value is -0.350. The minimum atomic E-state index is 0.495. The highest BCUT2D eigenvalue weighted by Gasteiger charge is 2.16. The Morgan fingerprint density at radius 1 is 1.29 bits per heavy atom. The molecule has 0 bridgehead atoms. The Morgan fingerprint density at radius 3 is 2.71 bits per heavy atom. The van der Waals surface area contributed by atoms with Gasteiger partial charge in [0.15, 0.2) is 11.0 Å². The number of rotatable bonds is 1. The first kappa shape index (κ1) is 10.2. The molecule has 0 spiro atoms. The highest BCUT2D eigenvalue weighted by molar-refractivity contribution is 9.10. The van der Waals surface area contributed by atoms with Crippen LogP contribution in [0.3, 0.4) is 0 Å². The van der Waals surface area contributed by atoms with Crippen LogP contribution in [0, 0.1) is 0 Å². The fourth-order valence-electron chi connectivity index (χ4n) is 1.65. The fourth-order valence-corrected chi connectivity index (χ4v) is 2.13. The monoisotopic (exact) mass is 275 g/mol. The van der Waals surface area contributed by atoms with E-state index in [1.165, 1.54) is 19.3 Å². The maximum Gasteiger partial charge on any atom is 0.171 e. The molecule has 0 aromatic carbocycles. The second kappa shape index (κ2) is 4.45. The molecule has 2 rings (SSSR count). The third kappa shape index (κ3) is 2.17. The zero-order chi connectivity index (χ0) is 9.97. The summed E-state index contributed by atoms with van der Waals surface area (Å²) in [6, 6.07) is 0. The molecule has 1 aromatic rings. The van der Waals surface area contributed by atoms with Crippen molar-refractivity contribution in [2.24, 2.45) is 0 Å². The van der Waals surface area contributed by atoms with E-state index in [9.17, 15) is 0 Å². The van der Waals surface area contributed by atoms with E-state index < -0.39 is 0 Å². The summed E-state index contributed by atoms with van der Waals surface area (Å²) in [5.74, 6) is 0.806. The highest BCUT2D eigenvalue weighted by atomic mass is 79.9. The molecule has 0 saturated carbocycles. The van der Waals surface area contributed by atoms with Crippen LogP contribution in [0.2, 0.25) is 5.15 Å². The van der Waals surface area contributed by atoms with Gasteiger partial charge in [-0.2, -0.15) is 0 Å². The zero-order valence-electron chi connectivity index (χ0n) is 7.71. The number of piperidine rings is 1. The van der Waals surface area contributed by atoms with Crippen molar-refractivity contribution in [1.29, 1.82) is 0 Å². The minimum Gasteiger partial charge on any atom is -0.354 e. The van der Waals surface area contributed by atoms with Gasteiger partial charge in [0.05, 0.1) is 6.20 Å². The van der Waals surface area contributed by atoms with Gasteiger partial charge in [0.25, 0.3) is 0 Å². The summed E-state index contributed by atoms with van der Waals surface area (Å²) in [7, 11) is 0. The average Bonchev–Trinajstić information content (AvgIpc) is 2.23. The van der Waals surface area contributed by atoms with Gasteiger partial charge >= 0.3 is 0 Å². The lowest BCUT2D eigenvalue weighted by Gasteiger charge is -2.27. The molecule has 2 heterocycles. The van der Waals surface area contributed by atoms with E-state index in [4.69, 9.17) is 11.6 Å². The van der Waals surface area contributed by atoms with Crippen LogP contribution in [0.5, 0.6) is 0 Å². The van der Waals surface area contributed by atoms with Crippen molar-refractivity contribution >= 4 is 33.3 Å². The standard InChI is InChI=1S/C9H11BrClN3/c10-7-6-12-8(11)9(13-7)14-4-2-1-3-5-14/h6H,1-5H2. The molecule has 0 atom stereocenters. The molecule has 1 aromatic heterocycles. The summed E-state index contributed by atoms with van der Waals surface area (Å²) in [6.07, 6.45) is 5.35. The third-order valence-corrected chi connectivity index (χ3v) is 2.99. The van der Waals surface area contributed by atoms with Gasteiger partial charge in [-0.15, -0.1) is 0 Å². The van der Waals surface area contributed by atoms with Gasteiger partial charge in [-0.05, 0) is 35.2 Å². The predicted molar refractivity (Wildman–Crippen MR) is 60.8 cm³/mol. The maximum atomic E-state index is 5.99. The Bertz CT molecular complexity index is 326. The molecule has 14 heavy (non-hydrogen) atoms.